The van der Waals surface area contributed by atoms with Crippen LogP contribution in [0.3, 0.4) is 0 Å². The number of benzene rings is 2. The summed E-state index contributed by atoms with van der Waals surface area (Å²) in [5.41, 5.74) is 2.72. The summed E-state index contributed by atoms with van der Waals surface area (Å²) in [5.74, 6) is -0.902. The molecule has 36 heavy (non-hydrogen) atoms. The molecule has 11 heteroatoms. The largest absolute Gasteiger partial charge is 0.573 e. The Bertz CT molecular complexity index is 1430. The summed E-state index contributed by atoms with van der Waals surface area (Å²) >= 11 is 1.09. The normalized spacial score (nSPS) is 12.6. The van der Waals surface area contributed by atoms with Crippen LogP contribution in [0.1, 0.15) is 27.4 Å². The van der Waals surface area contributed by atoms with Crippen LogP contribution in [0.4, 0.5) is 18.9 Å². The van der Waals surface area contributed by atoms with Gasteiger partial charge in [0.15, 0.2) is 5.78 Å². The Morgan fingerprint density at radius 1 is 1.22 bits per heavy atom. The molecular weight excluding hydrogens is 491 g/mol. The van der Waals surface area contributed by atoms with E-state index in [1.54, 1.807) is 56.0 Å². The van der Waals surface area contributed by atoms with E-state index < -0.39 is 6.36 Å². The van der Waals surface area contributed by atoms with E-state index in [0.717, 1.165) is 17.5 Å². The first-order chi connectivity index (χ1) is 17.3. The molecule has 0 saturated heterocycles. The van der Waals surface area contributed by atoms with Crippen molar-refractivity contribution in [3.05, 3.63) is 83.7 Å². The fourth-order valence-electron chi connectivity index (χ4n) is 3.51. The first-order valence-electron chi connectivity index (χ1n) is 10.6. The molecule has 0 aliphatic carbocycles. The van der Waals surface area contributed by atoms with Gasteiger partial charge in [0, 0.05) is 59.0 Å². The number of aromatic nitrogens is 2. The number of nitrogens with zero attached hydrogens (tertiary/aromatic N) is 2. The van der Waals surface area contributed by atoms with Crippen LogP contribution in [0.25, 0.3) is 11.0 Å². The number of hydrogen-bond acceptors (Lipinski definition) is 7. The average Bonchev–Trinajstić information content (AvgIpc) is 3.28. The second kappa shape index (κ2) is 10.6. The van der Waals surface area contributed by atoms with Gasteiger partial charge in [-0.05, 0) is 53.9 Å². The molecule has 0 aliphatic rings. The highest BCUT2D eigenvalue weighted by Gasteiger charge is 2.31. The minimum absolute atomic E-state index is 0.231. The van der Waals surface area contributed by atoms with E-state index in [9.17, 15) is 18.0 Å². The lowest BCUT2D eigenvalue weighted by Crippen LogP contribution is -2.17. The van der Waals surface area contributed by atoms with Crippen LogP contribution in [0, 0.1) is 5.41 Å². The van der Waals surface area contributed by atoms with Gasteiger partial charge < -0.3 is 19.9 Å². The third-order valence-electron chi connectivity index (χ3n) is 5.12. The number of halogens is 3. The first-order valence-corrected chi connectivity index (χ1v) is 11.4. The predicted octanol–water partition coefficient (Wildman–Crippen LogP) is 6.25. The number of hydrogen-bond donors (Lipinski definition) is 3. The second-order valence-electron chi connectivity index (χ2n) is 7.60. The van der Waals surface area contributed by atoms with Crippen molar-refractivity contribution >= 4 is 46.9 Å². The van der Waals surface area contributed by atoms with Gasteiger partial charge in [-0.15, -0.1) is 13.2 Å². The number of ketones is 1. The van der Waals surface area contributed by atoms with Crippen LogP contribution in [-0.2, 0) is 0 Å². The monoisotopic (exact) mass is 511 g/mol. The molecule has 0 aliphatic heterocycles. The fraction of sp³-hybridized carbons (Fsp3) is 0.120. The van der Waals surface area contributed by atoms with Gasteiger partial charge in [-0.1, -0.05) is 18.2 Å². The zero-order valence-corrected chi connectivity index (χ0v) is 19.7. The van der Waals surface area contributed by atoms with Crippen molar-refractivity contribution < 1.29 is 22.7 Å². The van der Waals surface area contributed by atoms with E-state index >= 15 is 0 Å². The molecule has 0 bridgehead atoms. The molecule has 0 radical (unpaired) electrons. The van der Waals surface area contributed by atoms with Crippen molar-refractivity contribution in [2.75, 3.05) is 11.8 Å². The topological polar surface area (TPSA) is 103 Å². The van der Waals surface area contributed by atoms with Crippen molar-refractivity contribution in [3.63, 3.8) is 0 Å². The number of fused-ring (bicyclic) bond motifs is 1. The van der Waals surface area contributed by atoms with Crippen LogP contribution in [-0.4, -0.2) is 41.6 Å². The molecular formula is C25H20F3N5O2S. The Morgan fingerprint density at radius 3 is 2.78 bits per heavy atom. The van der Waals surface area contributed by atoms with Gasteiger partial charge in [0.05, 0.1) is 5.92 Å². The second-order valence-corrected chi connectivity index (χ2v) is 8.48. The summed E-state index contributed by atoms with van der Waals surface area (Å²) in [6.07, 6.45) is 1.34. The summed E-state index contributed by atoms with van der Waals surface area (Å²) in [6.45, 7) is 0. The summed E-state index contributed by atoms with van der Waals surface area (Å²) in [5, 5.41) is 8.26. The number of pyridine rings is 1. The molecule has 1 atom stereocenters. The van der Waals surface area contributed by atoms with Crippen molar-refractivity contribution in [3.8, 4) is 5.75 Å². The van der Waals surface area contributed by atoms with Gasteiger partial charge in [-0.2, -0.15) is 0 Å². The van der Waals surface area contributed by atoms with Crippen LogP contribution in [0.2, 0.25) is 0 Å². The number of nitrogens with one attached hydrogen (secondary N) is 3. The number of alkyl halides is 3. The van der Waals surface area contributed by atoms with Crippen LogP contribution < -0.4 is 9.46 Å². The number of anilines is 1. The van der Waals surface area contributed by atoms with E-state index in [2.05, 4.69) is 24.4 Å². The zero-order valence-electron chi connectivity index (χ0n) is 18.8. The smallest absolute Gasteiger partial charge is 0.406 e. The number of rotatable bonds is 9. The molecule has 3 N–H and O–H groups in total. The lowest BCUT2D eigenvalue weighted by molar-refractivity contribution is -0.274. The lowest BCUT2D eigenvalue weighted by atomic mass is 9.99. The Hall–Kier alpha value is -4.12. The van der Waals surface area contributed by atoms with Gasteiger partial charge in [-0.3, -0.25) is 9.79 Å². The van der Waals surface area contributed by atoms with Crippen molar-refractivity contribution in [2.24, 2.45) is 4.99 Å². The standard InChI is InChI=1S/C25H20F3N5O2S/c1-30-12-17(11-29)16-9-21-22(14-32-24(21)31-13-16)23(34)15-4-2-5-18(8-15)33-36-20-7-3-6-19(10-20)35-25(26,27)28/h2-14,17,29,33H,1H3,(H,31,32). The molecule has 184 valence electrons. The Labute approximate surface area is 208 Å². The minimum Gasteiger partial charge on any atom is -0.406 e. The number of carbonyl (C=O) groups is 1. The molecule has 2 heterocycles. The Kier molecular flexibility index (Phi) is 7.39. The minimum atomic E-state index is -4.77. The molecule has 0 saturated carbocycles. The molecule has 0 amide bonds. The van der Waals surface area contributed by atoms with Crippen molar-refractivity contribution in [1.82, 2.24) is 9.97 Å². The van der Waals surface area contributed by atoms with Gasteiger partial charge in [0.2, 0.25) is 0 Å². The molecule has 1 unspecified atom stereocenters. The number of aromatic amines is 1. The lowest BCUT2D eigenvalue weighted by Gasteiger charge is -2.11. The maximum absolute atomic E-state index is 13.3. The average molecular weight is 512 g/mol. The summed E-state index contributed by atoms with van der Waals surface area (Å²) in [4.78, 5) is 25.2. The van der Waals surface area contributed by atoms with E-state index in [1.165, 1.54) is 24.4 Å². The Balaban J connectivity index is 1.54. The number of H-pyrrole nitrogens is 1. The van der Waals surface area contributed by atoms with E-state index in [-0.39, 0.29) is 17.5 Å². The molecule has 0 spiro atoms. The van der Waals surface area contributed by atoms with Gasteiger partial charge >= 0.3 is 6.36 Å². The van der Waals surface area contributed by atoms with Gasteiger partial charge in [0.1, 0.15) is 11.4 Å². The maximum atomic E-state index is 13.3. The molecule has 4 aromatic rings. The molecule has 2 aromatic heterocycles. The van der Waals surface area contributed by atoms with Gasteiger partial charge in [0.25, 0.3) is 0 Å². The molecule has 4 rings (SSSR count). The third-order valence-corrected chi connectivity index (χ3v) is 5.95. The summed E-state index contributed by atoms with van der Waals surface area (Å²) in [7, 11) is 1.63. The van der Waals surface area contributed by atoms with Crippen molar-refractivity contribution in [1.29, 1.82) is 5.41 Å². The van der Waals surface area contributed by atoms with E-state index in [1.807, 2.05) is 6.07 Å². The molecule has 0 fully saturated rings. The van der Waals surface area contributed by atoms with Crippen LogP contribution in [0.15, 0.2) is 76.9 Å². The molecule has 2 aromatic carbocycles. The van der Waals surface area contributed by atoms with Crippen LogP contribution >= 0.6 is 11.9 Å². The van der Waals surface area contributed by atoms with Gasteiger partial charge in [-0.25, -0.2) is 4.98 Å². The third kappa shape index (κ3) is 5.92. The fourth-order valence-corrected chi connectivity index (χ4v) is 4.19. The predicted molar refractivity (Wildman–Crippen MR) is 135 cm³/mol. The van der Waals surface area contributed by atoms with Crippen LogP contribution in [0.5, 0.6) is 5.75 Å². The van der Waals surface area contributed by atoms with E-state index in [0.29, 0.717) is 32.7 Å². The zero-order chi connectivity index (χ0) is 25.7. The first kappa shape index (κ1) is 25.0. The maximum Gasteiger partial charge on any atom is 0.573 e. The summed E-state index contributed by atoms with van der Waals surface area (Å²) in [6, 6.07) is 14.2. The SMILES string of the molecule is CN=CC(C=N)c1cnc2[nH]cc(C(=O)c3cccc(NSc4cccc(OC(F)(F)F)c4)c3)c2c1. The highest BCUT2D eigenvalue weighted by atomic mass is 32.2. The quantitative estimate of drug-likeness (QED) is 0.140. The highest BCUT2D eigenvalue weighted by molar-refractivity contribution is 8.00. The Morgan fingerprint density at radius 2 is 2.03 bits per heavy atom. The number of carbonyl (C=O) groups excluding carboxylic acids is 1. The molecule has 7 nitrogen and oxygen atoms in total. The highest BCUT2D eigenvalue weighted by Crippen LogP contribution is 2.29. The number of aliphatic imine (C=N–C) groups is 1. The van der Waals surface area contributed by atoms with E-state index in [4.69, 9.17) is 5.41 Å². The van der Waals surface area contributed by atoms with Crippen molar-refractivity contribution in [2.45, 2.75) is 17.2 Å². The number of ether oxygens (including phenoxy) is 1. The summed E-state index contributed by atoms with van der Waals surface area (Å²) < 4.78 is 44.4.